The fourth-order valence-electron chi connectivity index (χ4n) is 1.29. The van der Waals surface area contributed by atoms with Crippen LogP contribution in [-0.4, -0.2) is 9.97 Å². The van der Waals surface area contributed by atoms with Crippen LogP contribution in [0.5, 0.6) is 11.6 Å². The van der Waals surface area contributed by atoms with Gasteiger partial charge in [-0.05, 0) is 12.1 Å². The quantitative estimate of drug-likeness (QED) is 0.561. The summed E-state index contributed by atoms with van der Waals surface area (Å²) in [5.41, 5.74) is 0. The van der Waals surface area contributed by atoms with Gasteiger partial charge in [0.05, 0.1) is 9.79 Å². The predicted molar refractivity (Wildman–Crippen MR) is 52.7 cm³/mol. The summed E-state index contributed by atoms with van der Waals surface area (Å²) in [6.07, 6.45) is 3.26. The number of hydrogen-bond acceptors (Lipinski definition) is 4. The molecule has 0 aliphatic carbocycles. The molecule has 68 valence electrons. The van der Waals surface area contributed by atoms with Crippen LogP contribution in [0.1, 0.15) is 0 Å². The molecule has 2 heterocycles. The minimum atomic E-state index is 0.642. The standard InChI is InChI=1S/C10H6N2OS/c1-2-4-8-7(3-1)13-10-9(14-8)5-11-6-12-10/h1-6H. The van der Waals surface area contributed by atoms with E-state index >= 15 is 0 Å². The lowest BCUT2D eigenvalue weighted by molar-refractivity contribution is 0.433. The predicted octanol–water partition coefficient (Wildman–Crippen LogP) is 2.73. The maximum absolute atomic E-state index is 5.61. The SMILES string of the molecule is c1ccc2c(c1)Oc1ncncc1S2. The van der Waals surface area contributed by atoms with Gasteiger partial charge in [-0.15, -0.1) is 0 Å². The van der Waals surface area contributed by atoms with Crippen LogP contribution in [-0.2, 0) is 0 Å². The van der Waals surface area contributed by atoms with Crippen molar-refractivity contribution in [3.8, 4) is 11.6 Å². The Morgan fingerprint density at radius 1 is 1.14 bits per heavy atom. The fraction of sp³-hybridized carbons (Fsp3) is 0. The Kier molecular flexibility index (Phi) is 1.67. The van der Waals surface area contributed by atoms with Crippen molar-refractivity contribution in [2.45, 2.75) is 9.79 Å². The molecular weight excluding hydrogens is 196 g/mol. The summed E-state index contributed by atoms with van der Waals surface area (Å²) in [5.74, 6) is 1.51. The second-order valence-corrected chi connectivity index (χ2v) is 3.93. The monoisotopic (exact) mass is 202 g/mol. The topological polar surface area (TPSA) is 35.0 Å². The van der Waals surface area contributed by atoms with Gasteiger partial charge in [0, 0.05) is 6.20 Å². The third-order valence-corrected chi connectivity index (χ3v) is 2.98. The van der Waals surface area contributed by atoms with Gasteiger partial charge in [0.1, 0.15) is 12.1 Å². The molecule has 0 atom stereocenters. The van der Waals surface area contributed by atoms with Crippen LogP contribution in [0.4, 0.5) is 0 Å². The first-order valence-corrected chi connectivity index (χ1v) is 5.00. The summed E-state index contributed by atoms with van der Waals surface area (Å²) < 4.78 is 5.61. The highest BCUT2D eigenvalue weighted by Gasteiger charge is 2.17. The summed E-state index contributed by atoms with van der Waals surface area (Å²) in [4.78, 5) is 10.1. The van der Waals surface area contributed by atoms with Crippen molar-refractivity contribution >= 4 is 11.8 Å². The van der Waals surface area contributed by atoms with Gasteiger partial charge in [-0.3, -0.25) is 0 Å². The van der Waals surface area contributed by atoms with Crippen LogP contribution >= 0.6 is 11.8 Å². The molecule has 0 saturated heterocycles. The van der Waals surface area contributed by atoms with E-state index in [-0.39, 0.29) is 0 Å². The van der Waals surface area contributed by atoms with Crippen molar-refractivity contribution in [1.82, 2.24) is 9.97 Å². The zero-order valence-corrected chi connectivity index (χ0v) is 7.99. The lowest BCUT2D eigenvalue weighted by Crippen LogP contribution is -1.97. The largest absolute Gasteiger partial charge is 0.437 e. The molecule has 14 heavy (non-hydrogen) atoms. The van der Waals surface area contributed by atoms with E-state index in [1.54, 1.807) is 18.0 Å². The van der Waals surface area contributed by atoms with Crippen LogP contribution in [0.25, 0.3) is 0 Å². The molecule has 1 aromatic heterocycles. The number of rotatable bonds is 0. The first-order chi connectivity index (χ1) is 6.93. The minimum absolute atomic E-state index is 0.642. The van der Waals surface area contributed by atoms with E-state index < -0.39 is 0 Å². The summed E-state index contributed by atoms with van der Waals surface area (Å²) in [5, 5.41) is 0. The van der Waals surface area contributed by atoms with Crippen molar-refractivity contribution in [2.75, 3.05) is 0 Å². The lowest BCUT2D eigenvalue weighted by atomic mass is 10.3. The molecule has 1 aliphatic rings. The molecule has 0 N–H and O–H groups in total. The van der Waals surface area contributed by atoms with E-state index in [9.17, 15) is 0 Å². The zero-order valence-electron chi connectivity index (χ0n) is 7.18. The highest BCUT2D eigenvalue weighted by Crippen LogP contribution is 2.44. The van der Waals surface area contributed by atoms with Crippen LogP contribution < -0.4 is 4.74 Å². The number of hydrogen-bond donors (Lipinski definition) is 0. The highest BCUT2D eigenvalue weighted by molar-refractivity contribution is 7.99. The zero-order chi connectivity index (χ0) is 9.38. The van der Waals surface area contributed by atoms with E-state index in [0.29, 0.717) is 5.88 Å². The third-order valence-electron chi connectivity index (χ3n) is 1.92. The molecule has 0 saturated carbocycles. The van der Waals surface area contributed by atoms with Gasteiger partial charge in [-0.25, -0.2) is 9.97 Å². The molecule has 0 spiro atoms. The summed E-state index contributed by atoms with van der Waals surface area (Å²) in [7, 11) is 0. The van der Waals surface area contributed by atoms with Crippen LogP contribution in [0.15, 0.2) is 46.6 Å². The molecule has 0 radical (unpaired) electrons. The Morgan fingerprint density at radius 2 is 2.07 bits per heavy atom. The molecule has 4 heteroatoms. The molecule has 3 nitrogen and oxygen atoms in total. The number of ether oxygens (including phenoxy) is 1. The van der Waals surface area contributed by atoms with Gasteiger partial charge < -0.3 is 4.74 Å². The first kappa shape index (κ1) is 7.82. The van der Waals surface area contributed by atoms with E-state index in [1.807, 2.05) is 24.3 Å². The summed E-state index contributed by atoms with van der Waals surface area (Å²) in [6, 6.07) is 7.90. The van der Waals surface area contributed by atoms with E-state index in [4.69, 9.17) is 4.74 Å². The second kappa shape index (κ2) is 2.99. The second-order valence-electron chi connectivity index (χ2n) is 2.84. The Hall–Kier alpha value is -1.55. The molecule has 0 fully saturated rings. The molecule has 3 rings (SSSR count). The van der Waals surface area contributed by atoms with Gasteiger partial charge in [0.2, 0.25) is 5.88 Å². The molecule has 1 aromatic carbocycles. The molecule has 0 amide bonds. The molecule has 0 unspecified atom stereocenters. The van der Waals surface area contributed by atoms with Gasteiger partial charge >= 0.3 is 0 Å². The van der Waals surface area contributed by atoms with E-state index in [1.165, 1.54) is 6.33 Å². The number of benzene rings is 1. The molecule has 0 bridgehead atoms. The maximum Gasteiger partial charge on any atom is 0.236 e. The summed E-state index contributed by atoms with van der Waals surface area (Å²) in [6.45, 7) is 0. The van der Waals surface area contributed by atoms with Crippen molar-refractivity contribution < 1.29 is 4.74 Å². The normalized spacial score (nSPS) is 12.6. The van der Waals surface area contributed by atoms with Crippen molar-refractivity contribution in [3.63, 3.8) is 0 Å². The lowest BCUT2D eigenvalue weighted by Gasteiger charge is -2.16. The number of aromatic nitrogens is 2. The number of fused-ring (bicyclic) bond motifs is 2. The Balaban J connectivity index is 2.12. The van der Waals surface area contributed by atoms with E-state index in [2.05, 4.69) is 9.97 Å². The first-order valence-electron chi connectivity index (χ1n) is 4.18. The van der Waals surface area contributed by atoms with E-state index in [0.717, 1.165) is 15.5 Å². The molecular formula is C10H6N2OS. The van der Waals surface area contributed by atoms with Gasteiger partial charge in [-0.1, -0.05) is 23.9 Å². The maximum atomic E-state index is 5.61. The van der Waals surface area contributed by atoms with Crippen LogP contribution in [0, 0.1) is 0 Å². The van der Waals surface area contributed by atoms with Crippen LogP contribution in [0.2, 0.25) is 0 Å². The number of nitrogens with zero attached hydrogens (tertiary/aromatic N) is 2. The number of para-hydroxylation sites is 1. The van der Waals surface area contributed by atoms with Gasteiger partial charge in [0.25, 0.3) is 0 Å². The van der Waals surface area contributed by atoms with Crippen molar-refractivity contribution in [2.24, 2.45) is 0 Å². The van der Waals surface area contributed by atoms with Crippen molar-refractivity contribution in [3.05, 3.63) is 36.8 Å². The Labute approximate surface area is 85.2 Å². The minimum Gasteiger partial charge on any atom is -0.437 e. The van der Waals surface area contributed by atoms with Gasteiger partial charge in [-0.2, -0.15) is 0 Å². The van der Waals surface area contributed by atoms with Gasteiger partial charge in [0.15, 0.2) is 0 Å². The Morgan fingerprint density at radius 3 is 3.07 bits per heavy atom. The Bertz CT molecular complexity index is 400. The molecule has 2 aromatic rings. The highest BCUT2D eigenvalue weighted by atomic mass is 32.2. The summed E-state index contributed by atoms with van der Waals surface area (Å²) >= 11 is 1.63. The van der Waals surface area contributed by atoms with Crippen molar-refractivity contribution in [1.29, 1.82) is 0 Å². The average Bonchev–Trinajstić information content (AvgIpc) is 2.26. The smallest absolute Gasteiger partial charge is 0.236 e. The molecule has 1 aliphatic heterocycles. The van der Waals surface area contributed by atoms with Crippen LogP contribution in [0.3, 0.4) is 0 Å². The fourth-order valence-corrected chi connectivity index (χ4v) is 2.18. The average molecular weight is 202 g/mol. The third kappa shape index (κ3) is 1.15.